The molecule has 1 aromatic carbocycles. The van der Waals surface area contributed by atoms with Gasteiger partial charge >= 0.3 is 5.97 Å². The second kappa shape index (κ2) is 7.71. The molecule has 1 aromatic heterocycles. The lowest BCUT2D eigenvalue weighted by molar-refractivity contribution is -0.131. The fourth-order valence-corrected chi connectivity index (χ4v) is 1.60. The summed E-state index contributed by atoms with van der Waals surface area (Å²) in [6.45, 7) is 0. The van der Waals surface area contributed by atoms with E-state index in [4.69, 9.17) is 33.0 Å². The minimum atomic E-state index is -1.34. The number of halogens is 3. The molecule has 1 heterocycles. The number of hydrogen-bond acceptors (Lipinski definition) is 4. The lowest BCUT2D eigenvalue weighted by Crippen LogP contribution is -1.96. The molecule has 0 unspecified atom stereocenters. The van der Waals surface area contributed by atoms with E-state index in [-0.39, 0.29) is 10.8 Å². The summed E-state index contributed by atoms with van der Waals surface area (Å²) in [5.74, 6) is -0.973. The van der Waals surface area contributed by atoms with Gasteiger partial charge in [-0.05, 0) is 30.3 Å². The Hall–Kier alpha value is -2.44. The molecule has 5 nitrogen and oxygen atoms in total. The summed E-state index contributed by atoms with van der Waals surface area (Å²) < 4.78 is 18.2. The highest BCUT2D eigenvalue weighted by atomic mass is 35.5. The molecule has 0 amide bonds. The largest absolute Gasteiger partial charge is 0.477 e. The van der Waals surface area contributed by atoms with E-state index in [9.17, 15) is 9.18 Å². The van der Waals surface area contributed by atoms with Gasteiger partial charge in [-0.3, -0.25) is 4.99 Å². The molecule has 0 aliphatic carbocycles. The lowest BCUT2D eigenvalue weighted by atomic mass is 10.3. The van der Waals surface area contributed by atoms with Gasteiger partial charge in [0.05, 0.1) is 16.9 Å². The number of carbonyl (C=O) groups is 1. The minimum absolute atomic E-state index is 0.203. The second-order valence-corrected chi connectivity index (χ2v) is 4.92. The van der Waals surface area contributed by atoms with Crippen LogP contribution in [0.2, 0.25) is 0 Å². The maximum absolute atomic E-state index is 12.8. The van der Waals surface area contributed by atoms with Crippen LogP contribution in [-0.2, 0) is 4.79 Å². The molecule has 0 aliphatic heterocycles. The topological polar surface area (TPSA) is 71.8 Å². The number of aliphatic carboxylic acids is 1. The van der Waals surface area contributed by atoms with Crippen LogP contribution in [0.5, 0.6) is 11.6 Å². The van der Waals surface area contributed by atoms with Gasteiger partial charge in [0, 0.05) is 12.3 Å². The third-order valence-corrected chi connectivity index (χ3v) is 3.23. The number of hydrogen-bond donors (Lipinski definition) is 1. The summed E-state index contributed by atoms with van der Waals surface area (Å²) in [6.07, 6.45) is 2.50. The standard InChI is InChI=1S/C15H9Cl2FN2O3/c16-12(14(17)15(21)22)8-19-10-3-6-13(20-7-10)23-11-4-1-9(18)2-5-11/h1-8H,(H,21,22)/b14-12-,19-8?. The summed E-state index contributed by atoms with van der Waals surface area (Å²) in [5.41, 5.74) is 0.421. The molecule has 0 saturated heterocycles. The van der Waals surface area contributed by atoms with Crippen LogP contribution in [0.1, 0.15) is 0 Å². The minimum Gasteiger partial charge on any atom is -0.477 e. The van der Waals surface area contributed by atoms with Gasteiger partial charge < -0.3 is 9.84 Å². The van der Waals surface area contributed by atoms with Gasteiger partial charge in [0.15, 0.2) is 0 Å². The van der Waals surface area contributed by atoms with Gasteiger partial charge in [-0.15, -0.1) is 0 Å². The number of ether oxygens (including phenoxy) is 1. The first-order valence-corrected chi connectivity index (χ1v) is 6.93. The molecule has 2 rings (SSSR count). The highest BCUT2D eigenvalue weighted by Gasteiger charge is 2.07. The molecular formula is C15H9Cl2FN2O3. The van der Waals surface area contributed by atoms with E-state index in [0.717, 1.165) is 6.21 Å². The number of aromatic nitrogens is 1. The molecule has 0 atom stereocenters. The van der Waals surface area contributed by atoms with E-state index in [1.807, 2.05) is 0 Å². The van der Waals surface area contributed by atoms with Crippen LogP contribution in [0.25, 0.3) is 0 Å². The average Bonchev–Trinajstić information content (AvgIpc) is 2.55. The zero-order chi connectivity index (χ0) is 16.8. The van der Waals surface area contributed by atoms with Crippen molar-refractivity contribution in [2.24, 2.45) is 4.99 Å². The van der Waals surface area contributed by atoms with Gasteiger partial charge in [0.2, 0.25) is 5.88 Å². The van der Waals surface area contributed by atoms with E-state index in [0.29, 0.717) is 17.3 Å². The highest BCUT2D eigenvalue weighted by Crippen LogP contribution is 2.22. The Morgan fingerprint density at radius 1 is 1.22 bits per heavy atom. The third-order valence-electron chi connectivity index (χ3n) is 2.48. The molecule has 0 saturated carbocycles. The van der Waals surface area contributed by atoms with Crippen molar-refractivity contribution in [3.8, 4) is 11.6 Å². The molecule has 0 aliphatic rings. The van der Waals surface area contributed by atoms with Crippen molar-refractivity contribution in [3.05, 3.63) is 58.5 Å². The molecule has 118 valence electrons. The number of carboxylic acid groups (broad SMARTS) is 1. The van der Waals surface area contributed by atoms with Gasteiger partial charge in [-0.2, -0.15) is 0 Å². The van der Waals surface area contributed by atoms with Crippen LogP contribution in [0.4, 0.5) is 10.1 Å². The first-order chi connectivity index (χ1) is 11.0. The number of allylic oxidation sites excluding steroid dienone is 1. The molecule has 1 N–H and O–H groups in total. The zero-order valence-electron chi connectivity index (χ0n) is 11.4. The smallest absolute Gasteiger partial charge is 0.348 e. The quantitative estimate of drug-likeness (QED) is 0.634. The third kappa shape index (κ3) is 5.05. The van der Waals surface area contributed by atoms with Gasteiger partial charge in [-0.1, -0.05) is 23.2 Å². The van der Waals surface area contributed by atoms with Crippen molar-refractivity contribution in [1.29, 1.82) is 0 Å². The number of rotatable bonds is 5. The molecule has 0 spiro atoms. The molecule has 8 heteroatoms. The van der Waals surface area contributed by atoms with Crippen molar-refractivity contribution in [2.75, 3.05) is 0 Å². The average molecular weight is 355 g/mol. The Bertz CT molecular complexity index is 759. The Balaban J connectivity index is 2.06. The number of pyridine rings is 1. The Kier molecular flexibility index (Phi) is 5.67. The first kappa shape index (κ1) is 16.9. The number of nitrogens with zero attached hydrogens (tertiary/aromatic N) is 2. The summed E-state index contributed by atoms with van der Waals surface area (Å²) in [7, 11) is 0. The SMILES string of the molecule is O=C(O)/C(Cl)=C(/Cl)C=Nc1ccc(Oc2ccc(F)cc2)nc1. The van der Waals surface area contributed by atoms with E-state index in [1.165, 1.54) is 30.5 Å². The molecule has 2 aromatic rings. The first-order valence-electron chi connectivity index (χ1n) is 6.18. The highest BCUT2D eigenvalue weighted by molar-refractivity contribution is 6.51. The van der Waals surface area contributed by atoms with Crippen LogP contribution < -0.4 is 4.74 Å². The Morgan fingerprint density at radius 3 is 2.48 bits per heavy atom. The van der Waals surface area contributed by atoms with Gasteiger partial charge in [0.1, 0.15) is 16.6 Å². The molecule has 0 bridgehead atoms. The summed E-state index contributed by atoms with van der Waals surface area (Å²) >= 11 is 11.1. The Morgan fingerprint density at radius 2 is 1.91 bits per heavy atom. The summed E-state index contributed by atoms with van der Waals surface area (Å²) in [5, 5.41) is 7.92. The van der Waals surface area contributed by atoms with E-state index in [1.54, 1.807) is 12.1 Å². The summed E-state index contributed by atoms with van der Waals surface area (Å²) in [4.78, 5) is 18.6. The van der Waals surface area contributed by atoms with Crippen molar-refractivity contribution in [1.82, 2.24) is 4.98 Å². The number of aliphatic imine (C=N–C) groups is 1. The van der Waals surface area contributed by atoms with Crippen molar-refractivity contribution in [2.45, 2.75) is 0 Å². The zero-order valence-corrected chi connectivity index (χ0v) is 12.9. The molecular weight excluding hydrogens is 346 g/mol. The fourth-order valence-electron chi connectivity index (χ4n) is 1.42. The van der Waals surface area contributed by atoms with Crippen molar-refractivity contribution in [3.63, 3.8) is 0 Å². The van der Waals surface area contributed by atoms with Gasteiger partial charge in [0.25, 0.3) is 0 Å². The van der Waals surface area contributed by atoms with Crippen LogP contribution in [0.3, 0.4) is 0 Å². The van der Waals surface area contributed by atoms with Crippen molar-refractivity contribution >= 4 is 41.1 Å². The predicted molar refractivity (Wildman–Crippen MR) is 85.2 cm³/mol. The lowest BCUT2D eigenvalue weighted by Gasteiger charge is -2.04. The fraction of sp³-hybridized carbons (Fsp3) is 0. The second-order valence-electron chi connectivity index (χ2n) is 4.14. The maximum Gasteiger partial charge on any atom is 0.348 e. The Labute approximate surface area is 140 Å². The van der Waals surface area contributed by atoms with Crippen molar-refractivity contribution < 1.29 is 19.0 Å². The van der Waals surface area contributed by atoms with Crippen LogP contribution >= 0.6 is 23.2 Å². The molecule has 0 radical (unpaired) electrons. The van der Waals surface area contributed by atoms with E-state index < -0.39 is 11.0 Å². The monoisotopic (exact) mass is 354 g/mol. The number of benzene rings is 1. The van der Waals surface area contributed by atoms with E-state index in [2.05, 4.69) is 9.98 Å². The van der Waals surface area contributed by atoms with Gasteiger partial charge in [-0.25, -0.2) is 14.2 Å². The van der Waals surface area contributed by atoms with Crippen LogP contribution in [-0.4, -0.2) is 22.3 Å². The molecule has 0 fully saturated rings. The predicted octanol–water partition coefficient (Wildman–Crippen LogP) is 4.49. The van der Waals surface area contributed by atoms with E-state index >= 15 is 0 Å². The normalized spacial score (nSPS) is 12.1. The maximum atomic E-state index is 12.8. The summed E-state index contributed by atoms with van der Waals surface area (Å²) in [6, 6.07) is 8.62. The molecule has 23 heavy (non-hydrogen) atoms. The van der Waals surface area contributed by atoms with Crippen LogP contribution in [0, 0.1) is 5.82 Å². The number of carboxylic acids is 1. The van der Waals surface area contributed by atoms with Crippen LogP contribution in [0.15, 0.2) is 57.7 Å².